The normalized spacial score (nSPS) is 19.3. The van der Waals surface area contributed by atoms with Gasteiger partial charge < -0.3 is 0 Å². The summed E-state index contributed by atoms with van der Waals surface area (Å²) in [5.41, 5.74) is 6.77. The quantitative estimate of drug-likeness (QED) is 0.301. The van der Waals surface area contributed by atoms with Crippen LogP contribution in [0.1, 0.15) is 13.3 Å². The molecule has 1 aliphatic heterocycles. The van der Waals surface area contributed by atoms with Crippen LogP contribution in [0.5, 0.6) is 0 Å². The Morgan fingerprint density at radius 1 is 1.90 bits per heavy atom. The van der Waals surface area contributed by atoms with E-state index in [2.05, 4.69) is 15.4 Å². The summed E-state index contributed by atoms with van der Waals surface area (Å²) in [5, 5.41) is 3.28. The van der Waals surface area contributed by atoms with Gasteiger partial charge in [-0.3, -0.25) is 0 Å². The fourth-order valence-corrected chi connectivity index (χ4v) is 2.06. The van der Waals surface area contributed by atoms with Crippen molar-refractivity contribution in [2.75, 3.05) is 4.55 Å². The number of hydrogen-bond acceptors (Lipinski definition) is 3. The number of allylic oxidation sites excluding steroid dienone is 1. The van der Waals surface area contributed by atoms with Crippen LogP contribution in [0, 0.1) is 0 Å². The van der Waals surface area contributed by atoms with Gasteiger partial charge in [0.1, 0.15) is 0 Å². The number of halogens is 1. The van der Waals surface area contributed by atoms with Crippen molar-refractivity contribution in [1.82, 2.24) is 5.32 Å². The second-order valence-electron chi connectivity index (χ2n) is 1.96. The number of nitrogens with two attached hydrogens (primary N) is 1. The summed E-state index contributed by atoms with van der Waals surface area (Å²) in [5.74, 6) is 0.689. The van der Waals surface area contributed by atoms with Gasteiger partial charge in [0.25, 0.3) is 0 Å². The van der Waals surface area contributed by atoms with E-state index in [9.17, 15) is 0 Å². The van der Waals surface area contributed by atoms with Gasteiger partial charge in [-0.2, -0.15) is 0 Å². The number of nitrogens with zero attached hydrogens (tertiary/aromatic N) is 1. The molecular formula is C6H11IN3-. The van der Waals surface area contributed by atoms with Gasteiger partial charge in [0.15, 0.2) is 0 Å². The topological polar surface area (TPSA) is 50.4 Å². The summed E-state index contributed by atoms with van der Waals surface area (Å²) in [7, 11) is 0. The Morgan fingerprint density at radius 3 is 3.40 bits per heavy atom. The van der Waals surface area contributed by atoms with E-state index in [1.165, 1.54) is 5.70 Å². The average molecular weight is 252 g/mol. The molecule has 0 unspecified atom stereocenters. The van der Waals surface area contributed by atoms with Crippen molar-refractivity contribution in [2.45, 2.75) is 13.3 Å². The first-order valence-corrected chi connectivity index (χ1v) is 5.68. The summed E-state index contributed by atoms with van der Waals surface area (Å²) >= 11 is -0.0865. The molecule has 0 aromatic carbocycles. The molecule has 58 valence electrons. The van der Waals surface area contributed by atoms with Crippen molar-refractivity contribution in [2.24, 2.45) is 8.94 Å². The van der Waals surface area contributed by atoms with E-state index in [4.69, 9.17) is 5.73 Å². The first-order chi connectivity index (χ1) is 4.83. The van der Waals surface area contributed by atoms with Crippen LogP contribution in [0.2, 0.25) is 0 Å². The van der Waals surface area contributed by atoms with E-state index in [1.807, 2.05) is 6.08 Å². The fourth-order valence-electron chi connectivity index (χ4n) is 0.696. The van der Waals surface area contributed by atoms with Crippen molar-refractivity contribution < 1.29 is 21.5 Å². The predicted molar refractivity (Wildman–Crippen MR) is 38.0 cm³/mol. The molecule has 0 saturated heterocycles. The van der Waals surface area contributed by atoms with E-state index in [0.29, 0.717) is 5.84 Å². The summed E-state index contributed by atoms with van der Waals surface area (Å²) < 4.78 is 5.20. The van der Waals surface area contributed by atoms with Gasteiger partial charge in [0, 0.05) is 0 Å². The third-order valence-corrected chi connectivity index (χ3v) is 2.83. The number of hydrogen-bond donors (Lipinski definition) is 2. The monoisotopic (exact) mass is 252 g/mol. The summed E-state index contributed by atoms with van der Waals surface area (Å²) in [6.45, 7) is 2.11. The van der Waals surface area contributed by atoms with Crippen molar-refractivity contribution in [1.29, 1.82) is 0 Å². The number of rotatable bonds is 1. The van der Waals surface area contributed by atoms with Gasteiger partial charge in [0.2, 0.25) is 0 Å². The molecule has 0 aromatic heterocycles. The fraction of sp³-hybridized carbons (Fsp3) is 0.500. The van der Waals surface area contributed by atoms with Gasteiger partial charge >= 0.3 is 71.2 Å². The van der Waals surface area contributed by atoms with Crippen LogP contribution in [0.4, 0.5) is 0 Å². The zero-order valence-electron chi connectivity index (χ0n) is 5.89. The molecule has 0 saturated carbocycles. The van der Waals surface area contributed by atoms with E-state index in [1.54, 1.807) is 0 Å². The van der Waals surface area contributed by atoms with Crippen molar-refractivity contribution in [3.05, 3.63) is 11.8 Å². The number of alkyl halides is 1. The van der Waals surface area contributed by atoms with Crippen molar-refractivity contribution in [3.8, 4) is 0 Å². The van der Waals surface area contributed by atoms with Gasteiger partial charge in [-0.15, -0.1) is 0 Å². The Hall–Kier alpha value is -0.260. The molecule has 3 nitrogen and oxygen atoms in total. The van der Waals surface area contributed by atoms with Crippen LogP contribution in [0.3, 0.4) is 0 Å². The molecule has 0 radical (unpaired) electrons. The van der Waals surface area contributed by atoms with Gasteiger partial charge in [0.05, 0.1) is 0 Å². The Kier molecular flexibility index (Phi) is 2.98. The van der Waals surface area contributed by atoms with Crippen LogP contribution in [0.15, 0.2) is 15.0 Å². The third kappa shape index (κ3) is 2.17. The van der Waals surface area contributed by atoms with E-state index in [0.717, 1.165) is 11.0 Å². The Bertz CT molecular complexity index is 174. The molecule has 0 bridgehead atoms. The molecule has 1 heterocycles. The van der Waals surface area contributed by atoms with Crippen molar-refractivity contribution in [3.63, 3.8) is 0 Å². The molecule has 1 aliphatic rings. The Morgan fingerprint density at radius 2 is 2.70 bits per heavy atom. The standard InChI is InChI=1S/C6H11IN3/c1-2-5-3-6(8)10-7-4-9-5/h3,9H,2,4H2,1H3,(H2,8,10)/q-1. The molecule has 0 atom stereocenters. The van der Waals surface area contributed by atoms with E-state index >= 15 is 0 Å². The van der Waals surface area contributed by atoms with Crippen molar-refractivity contribution >= 4 is 5.84 Å². The van der Waals surface area contributed by atoms with Crippen LogP contribution >= 0.6 is 0 Å². The molecule has 0 spiro atoms. The van der Waals surface area contributed by atoms with Gasteiger partial charge in [-0.05, 0) is 0 Å². The Labute approximate surface area is 71.4 Å². The summed E-state index contributed by atoms with van der Waals surface area (Å²) in [6, 6.07) is 0. The minimum absolute atomic E-state index is 0.0865. The third-order valence-electron chi connectivity index (χ3n) is 1.21. The van der Waals surface area contributed by atoms with Crippen LogP contribution < -0.4 is 32.5 Å². The maximum absolute atomic E-state index is 5.56. The second-order valence-corrected chi connectivity index (χ2v) is 3.89. The van der Waals surface area contributed by atoms with E-state index in [-0.39, 0.29) is 21.5 Å². The molecule has 0 fully saturated rings. The molecule has 4 heteroatoms. The molecule has 0 aromatic rings. The summed E-state index contributed by atoms with van der Waals surface area (Å²) in [4.78, 5) is 0. The minimum atomic E-state index is -0.0865. The number of nitrogens with one attached hydrogen (secondary N) is 1. The molecule has 1 rings (SSSR count). The van der Waals surface area contributed by atoms with Crippen LogP contribution in [-0.2, 0) is 0 Å². The first-order valence-electron chi connectivity index (χ1n) is 3.19. The summed E-state index contributed by atoms with van der Waals surface area (Å²) in [6.07, 6.45) is 2.94. The number of amidine groups is 1. The molecule has 3 N–H and O–H groups in total. The van der Waals surface area contributed by atoms with Gasteiger partial charge in [-0.1, -0.05) is 0 Å². The maximum atomic E-state index is 5.56. The second kappa shape index (κ2) is 3.80. The zero-order valence-corrected chi connectivity index (χ0v) is 8.05. The molecular weight excluding hydrogens is 241 g/mol. The average Bonchev–Trinajstić information content (AvgIpc) is 2.13. The Balaban J connectivity index is 2.65. The van der Waals surface area contributed by atoms with Gasteiger partial charge in [-0.25, -0.2) is 0 Å². The van der Waals surface area contributed by atoms with Crippen LogP contribution in [0.25, 0.3) is 0 Å². The molecule has 0 amide bonds. The van der Waals surface area contributed by atoms with E-state index < -0.39 is 0 Å². The molecule has 0 aliphatic carbocycles. The zero-order chi connectivity index (χ0) is 7.40. The molecule has 10 heavy (non-hydrogen) atoms. The van der Waals surface area contributed by atoms with Crippen LogP contribution in [-0.4, -0.2) is 10.4 Å². The predicted octanol–water partition coefficient (Wildman–Crippen LogP) is -2.80. The first kappa shape index (κ1) is 7.84. The SMILES string of the molecule is CCC1=CC(N)=N[I-]CN1.